The van der Waals surface area contributed by atoms with Crippen molar-refractivity contribution in [1.82, 2.24) is 20.5 Å². The molecule has 0 aliphatic heterocycles. The van der Waals surface area contributed by atoms with E-state index in [2.05, 4.69) is 25.8 Å². The number of aromatic amines is 1. The van der Waals surface area contributed by atoms with Gasteiger partial charge >= 0.3 is 6.18 Å². The molecule has 1 saturated carbocycles. The Morgan fingerprint density at radius 2 is 2.00 bits per heavy atom. The van der Waals surface area contributed by atoms with E-state index in [4.69, 9.17) is 11.6 Å². The normalized spacial score (nSPS) is 19.6. The van der Waals surface area contributed by atoms with Crippen LogP contribution in [-0.4, -0.2) is 33.2 Å². The van der Waals surface area contributed by atoms with Gasteiger partial charge in [0.15, 0.2) is 0 Å². The number of aromatic nitrogens is 3. The number of amides is 1. The molecular formula is C20H19ClF3N5O. The molecule has 2 aromatic heterocycles. The van der Waals surface area contributed by atoms with Gasteiger partial charge in [0.05, 0.1) is 17.3 Å². The van der Waals surface area contributed by atoms with E-state index in [0.29, 0.717) is 28.1 Å². The predicted octanol–water partition coefficient (Wildman–Crippen LogP) is 4.78. The lowest BCUT2D eigenvalue weighted by atomic mass is 9.90. The molecule has 1 aliphatic rings. The SMILES string of the molecule is O=C(NC1CCC[C@H](Nc2cc(C(F)(F)F)nc3ccc(Cl)cc23)C1)c1cn[nH]c1. The van der Waals surface area contributed by atoms with Gasteiger partial charge in [-0.2, -0.15) is 18.3 Å². The molecule has 3 N–H and O–H groups in total. The van der Waals surface area contributed by atoms with Crippen molar-refractivity contribution < 1.29 is 18.0 Å². The minimum atomic E-state index is -4.56. The van der Waals surface area contributed by atoms with Crippen molar-refractivity contribution >= 4 is 34.1 Å². The number of benzene rings is 1. The second-order valence-corrected chi connectivity index (χ2v) is 7.82. The molecule has 0 saturated heterocycles. The smallest absolute Gasteiger partial charge is 0.382 e. The average Bonchev–Trinajstić information content (AvgIpc) is 3.23. The number of hydrogen-bond acceptors (Lipinski definition) is 4. The first kappa shape index (κ1) is 20.5. The summed E-state index contributed by atoms with van der Waals surface area (Å²) in [5.41, 5.74) is 0.0362. The van der Waals surface area contributed by atoms with Crippen molar-refractivity contribution in [2.45, 2.75) is 43.9 Å². The van der Waals surface area contributed by atoms with Crippen molar-refractivity contribution in [3.05, 3.63) is 52.9 Å². The number of nitrogens with one attached hydrogen (secondary N) is 3. The summed E-state index contributed by atoms with van der Waals surface area (Å²) in [6.07, 6.45) is 1.41. The molecule has 4 rings (SSSR count). The Morgan fingerprint density at radius 1 is 1.20 bits per heavy atom. The Morgan fingerprint density at radius 3 is 2.73 bits per heavy atom. The number of fused-ring (bicyclic) bond motifs is 1. The summed E-state index contributed by atoms with van der Waals surface area (Å²) in [6.45, 7) is 0. The van der Waals surface area contributed by atoms with Crippen LogP contribution < -0.4 is 10.6 Å². The number of H-pyrrole nitrogens is 1. The Balaban J connectivity index is 1.55. The number of rotatable bonds is 4. The molecule has 2 atom stereocenters. The van der Waals surface area contributed by atoms with E-state index in [1.165, 1.54) is 24.5 Å². The molecule has 30 heavy (non-hydrogen) atoms. The fourth-order valence-corrected chi connectivity index (χ4v) is 3.95. The summed E-state index contributed by atoms with van der Waals surface area (Å²) in [5, 5.41) is 13.5. The van der Waals surface area contributed by atoms with Gasteiger partial charge in [0.25, 0.3) is 5.91 Å². The van der Waals surface area contributed by atoms with Crippen LogP contribution in [0.1, 0.15) is 41.7 Å². The topological polar surface area (TPSA) is 82.7 Å². The minimum absolute atomic E-state index is 0.0857. The highest BCUT2D eigenvalue weighted by atomic mass is 35.5. The van der Waals surface area contributed by atoms with E-state index in [9.17, 15) is 18.0 Å². The third-order valence-corrected chi connectivity index (χ3v) is 5.43. The lowest BCUT2D eigenvalue weighted by Gasteiger charge is -2.31. The Bertz CT molecular complexity index is 1050. The van der Waals surface area contributed by atoms with Crippen molar-refractivity contribution in [2.75, 3.05) is 5.32 Å². The fourth-order valence-electron chi connectivity index (χ4n) is 3.78. The summed E-state index contributed by atoms with van der Waals surface area (Å²) in [5.74, 6) is -0.227. The average molecular weight is 438 g/mol. The zero-order valence-electron chi connectivity index (χ0n) is 15.8. The molecule has 0 radical (unpaired) electrons. The number of pyridine rings is 1. The molecule has 6 nitrogen and oxygen atoms in total. The van der Waals surface area contributed by atoms with Gasteiger partial charge in [0, 0.05) is 34.4 Å². The molecule has 1 unspecified atom stereocenters. The third-order valence-electron chi connectivity index (χ3n) is 5.19. The summed E-state index contributed by atoms with van der Waals surface area (Å²) < 4.78 is 40.0. The lowest BCUT2D eigenvalue weighted by molar-refractivity contribution is -0.140. The largest absolute Gasteiger partial charge is 0.433 e. The zero-order valence-corrected chi connectivity index (χ0v) is 16.5. The van der Waals surface area contributed by atoms with Gasteiger partial charge in [-0.3, -0.25) is 9.89 Å². The van der Waals surface area contributed by atoms with Crippen LogP contribution >= 0.6 is 11.6 Å². The van der Waals surface area contributed by atoms with Crippen LogP contribution in [0, 0.1) is 0 Å². The van der Waals surface area contributed by atoms with Gasteiger partial charge in [0.1, 0.15) is 5.69 Å². The van der Waals surface area contributed by atoms with Crippen LogP contribution in [0.5, 0.6) is 0 Å². The van der Waals surface area contributed by atoms with E-state index in [1.807, 2.05) is 0 Å². The van der Waals surface area contributed by atoms with Crippen molar-refractivity contribution in [3.63, 3.8) is 0 Å². The maximum absolute atomic E-state index is 13.3. The molecule has 1 fully saturated rings. The van der Waals surface area contributed by atoms with E-state index in [0.717, 1.165) is 25.3 Å². The second kappa shape index (κ2) is 8.14. The molecule has 158 valence electrons. The van der Waals surface area contributed by atoms with E-state index >= 15 is 0 Å². The first-order chi connectivity index (χ1) is 14.3. The number of alkyl halides is 3. The first-order valence-electron chi connectivity index (χ1n) is 9.53. The standard InChI is InChI=1S/C20H19ClF3N5O/c21-12-4-5-16-15(6-12)17(8-18(29-16)20(22,23)24)27-13-2-1-3-14(7-13)28-19(30)11-9-25-26-10-11/h4-6,8-10,13-14H,1-3,7H2,(H,25,26)(H,27,29)(H,28,30)/t13-,14?/m0/s1. The molecule has 0 bridgehead atoms. The Kier molecular flexibility index (Phi) is 5.55. The molecule has 1 amide bonds. The number of nitrogens with zero attached hydrogens (tertiary/aromatic N) is 2. The van der Waals surface area contributed by atoms with Crippen LogP contribution in [-0.2, 0) is 6.18 Å². The van der Waals surface area contributed by atoms with Gasteiger partial charge in [0.2, 0.25) is 0 Å². The molecule has 3 aromatic rings. The van der Waals surface area contributed by atoms with E-state index in [-0.39, 0.29) is 23.5 Å². The highest BCUT2D eigenvalue weighted by Crippen LogP contribution is 2.35. The van der Waals surface area contributed by atoms with E-state index < -0.39 is 11.9 Å². The number of carbonyl (C=O) groups excluding carboxylic acids is 1. The van der Waals surface area contributed by atoms with Gasteiger partial charge in [-0.05, 0) is 49.9 Å². The van der Waals surface area contributed by atoms with Crippen LogP contribution in [0.25, 0.3) is 10.9 Å². The molecule has 2 heterocycles. The van der Waals surface area contributed by atoms with Crippen LogP contribution in [0.4, 0.5) is 18.9 Å². The number of halogens is 4. The fraction of sp³-hybridized carbons (Fsp3) is 0.350. The molecule has 1 aromatic carbocycles. The monoisotopic (exact) mass is 437 g/mol. The molecule has 1 aliphatic carbocycles. The number of hydrogen-bond donors (Lipinski definition) is 3. The summed E-state index contributed by atoms with van der Waals surface area (Å²) in [7, 11) is 0. The van der Waals surface area contributed by atoms with Gasteiger partial charge in [-0.15, -0.1) is 0 Å². The van der Waals surface area contributed by atoms with Gasteiger partial charge in [-0.1, -0.05) is 11.6 Å². The van der Waals surface area contributed by atoms with Crippen molar-refractivity contribution in [3.8, 4) is 0 Å². The summed E-state index contributed by atoms with van der Waals surface area (Å²) in [4.78, 5) is 16.0. The molecule has 0 spiro atoms. The highest BCUT2D eigenvalue weighted by Gasteiger charge is 2.34. The van der Waals surface area contributed by atoms with Crippen LogP contribution in [0.2, 0.25) is 5.02 Å². The van der Waals surface area contributed by atoms with Gasteiger partial charge in [-0.25, -0.2) is 4.98 Å². The van der Waals surface area contributed by atoms with Gasteiger partial charge < -0.3 is 10.6 Å². The number of anilines is 1. The maximum Gasteiger partial charge on any atom is 0.433 e. The Hall–Kier alpha value is -2.81. The van der Waals surface area contributed by atoms with Crippen molar-refractivity contribution in [1.29, 1.82) is 0 Å². The predicted molar refractivity (Wildman–Crippen MR) is 107 cm³/mol. The molecular weight excluding hydrogens is 419 g/mol. The van der Waals surface area contributed by atoms with E-state index in [1.54, 1.807) is 6.07 Å². The second-order valence-electron chi connectivity index (χ2n) is 7.38. The zero-order chi connectivity index (χ0) is 21.3. The van der Waals surface area contributed by atoms with Crippen LogP contribution in [0.3, 0.4) is 0 Å². The number of carbonyl (C=O) groups is 1. The van der Waals surface area contributed by atoms with Crippen molar-refractivity contribution in [2.24, 2.45) is 0 Å². The highest BCUT2D eigenvalue weighted by molar-refractivity contribution is 6.31. The first-order valence-corrected chi connectivity index (χ1v) is 9.91. The maximum atomic E-state index is 13.3. The minimum Gasteiger partial charge on any atom is -0.382 e. The molecule has 10 heteroatoms. The Labute approximate surface area is 175 Å². The summed E-state index contributed by atoms with van der Waals surface area (Å²) in [6, 6.07) is 5.44. The van der Waals surface area contributed by atoms with Crippen LogP contribution in [0.15, 0.2) is 36.7 Å². The third kappa shape index (κ3) is 4.51. The quantitative estimate of drug-likeness (QED) is 0.548. The lowest BCUT2D eigenvalue weighted by Crippen LogP contribution is -2.41. The summed E-state index contributed by atoms with van der Waals surface area (Å²) >= 11 is 6.06.